The summed E-state index contributed by atoms with van der Waals surface area (Å²) in [6, 6.07) is 0. The second-order valence-electron chi connectivity index (χ2n) is 12.7. The van der Waals surface area contributed by atoms with E-state index >= 15 is 0 Å². The van der Waals surface area contributed by atoms with Crippen LogP contribution in [0.2, 0.25) is 0 Å². The zero-order valence-electron chi connectivity index (χ0n) is 27.9. The van der Waals surface area contributed by atoms with E-state index in [1.54, 1.807) is 0 Å². The molecule has 0 spiro atoms. The van der Waals surface area contributed by atoms with Gasteiger partial charge in [0.1, 0.15) is 0 Å². The molecule has 0 saturated carbocycles. The molecule has 0 heterocycles. The van der Waals surface area contributed by atoms with Crippen molar-refractivity contribution in [2.24, 2.45) is 0 Å². The van der Waals surface area contributed by atoms with E-state index in [2.05, 4.69) is 24.5 Å². The Balaban J connectivity index is 3.14. The Morgan fingerprint density at radius 2 is 0.650 bits per heavy atom. The van der Waals surface area contributed by atoms with Crippen LogP contribution in [0.25, 0.3) is 0 Å². The highest BCUT2D eigenvalue weighted by Crippen LogP contribution is 2.14. The van der Waals surface area contributed by atoms with Crippen molar-refractivity contribution in [1.29, 1.82) is 0 Å². The molecule has 0 aliphatic carbocycles. The third-order valence-corrected chi connectivity index (χ3v) is 8.57. The first-order chi connectivity index (χ1) is 19.8. The van der Waals surface area contributed by atoms with Crippen LogP contribution in [-0.4, -0.2) is 25.5 Å². The van der Waals surface area contributed by atoms with Gasteiger partial charge >= 0.3 is 0 Å². The van der Waals surface area contributed by atoms with Gasteiger partial charge in [-0.1, -0.05) is 187 Å². The van der Waals surface area contributed by atoms with Crippen molar-refractivity contribution in [3.8, 4) is 0 Å². The fraction of sp³-hybridized carbons (Fsp3) is 0.973. The molecule has 0 rings (SSSR count). The molecule has 0 atom stereocenters. The van der Waals surface area contributed by atoms with Crippen LogP contribution >= 0.6 is 0 Å². The van der Waals surface area contributed by atoms with Gasteiger partial charge in [0.15, 0.2) is 0 Å². The number of rotatable bonds is 35. The molecule has 0 bridgehead atoms. The van der Waals surface area contributed by atoms with Crippen molar-refractivity contribution in [1.82, 2.24) is 10.6 Å². The molecule has 0 radical (unpaired) electrons. The molecule has 40 heavy (non-hydrogen) atoms. The minimum atomic E-state index is 0.252. The fourth-order valence-corrected chi connectivity index (χ4v) is 5.76. The Kier molecular flexibility index (Phi) is 35.9. The summed E-state index contributed by atoms with van der Waals surface area (Å²) in [5, 5.41) is 6.66. The van der Waals surface area contributed by atoms with Crippen LogP contribution in [0.15, 0.2) is 0 Å². The van der Waals surface area contributed by atoms with Gasteiger partial charge in [0.25, 0.3) is 0 Å². The SMILES string of the molecule is CCCCCCCCCCCCCCCCCC(=O)NCCCNCCCCCCCCCCCCCCCC. The maximum Gasteiger partial charge on any atom is 0.219 e. The van der Waals surface area contributed by atoms with E-state index < -0.39 is 0 Å². The van der Waals surface area contributed by atoms with E-state index in [0.29, 0.717) is 6.42 Å². The largest absolute Gasteiger partial charge is 0.356 e. The predicted molar refractivity (Wildman–Crippen MR) is 180 cm³/mol. The first-order valence-electron chi connectivity index (χ1n) is 18.8. The summed E-state index contributed by atoms with van der Waals surface area (Å²) >= 11 is 0. The average Bonchev–Trinajstić information content (AvgIpc) is 2.96. The molecule has 0 aliphatic heterocycles. The monoisotopic (exact) mass is 565 g/mol. The maximum absolute atomic E-state index is 12.0. The summed E-state index contributed by atoms with van der Waals surface area (Å²) in [5.74, 6) is 0.252. The van der Waals surface area contributed by atoms with Gasteiger partial charge in [0, 0.05) is 13.0 Å². The highest BCUT2D eigenvalue weighted by molar-refractivity contribution is 5.75. The van der Waals surface area contributed by atoms with Crippen LogP contribution in [0.3, 0.4) is 0 Å². The highest BCUT2D eigenvalue weighted by atomic mass is 16.1. The lowest BCUT2D eigenvalue weighted by atomic mass is 10.0. The van der Waals surface area contributed by atoms with E-state index in [0.717, 1.165) is 32.5 Å². The summed E-state index contributed by atoms with van der Waals surface area (Å²) in [5.41, 5.74) is 0. The highest BCUT2D eigenvalue weighted by Gasteiger charge is 2.01. The second-order valence-corrected chi connectivity index (χ2v) is 12.7. The van der Waals surface area contributed by atoms with Crippen LogP contribution in [-0.2, 0) is 4.79 Å². The number of carbonyl (C=O) groups excluding carboxylic acids is 1. The molecule has 3 nitrogen and oxygen atoms in total. The van der Waals surface area contributed by atoms with Crippen LogP contribution in [0.5, 0.6) is 0 Å². The third kappa shape index (κ3) is 35.5. The van der Waals surface area contributed by atoms with Gasteiger partial charge in [0.05, 0.1) is 0 Å². The topological polar surface area (TPSA) is 41.1 Å². The van der Waals surface area contributed by atoms with Crippen molar-refractivity contribution in [3.05, 3.63) is 0 Å². The molecule has 0 aromatic rings. The average molecular weight is 565 g/mol. The Morgan fingerprint density at radius 1 is 0.350 bits per heavy atom. The zero-order chi connectivity index (χ0) is 29.0. The molecule has 0 aromatic carbocycles. The number of carbonyl (C=O) groups is 1. The lowest BCUT2D eigenvalue weighted by Crippen LogP contribution is -2.27. The molecule has 2 N–H and O–H groups in total. The summed E-state index contributed by atoms with van der Waals surface area (Å²) < 4.78 is 0. The summed E-state index contributed by atoms with van der Waals surface area (Å²) in [6.45, 7) is 7.56. The van der Waals surface area contributed by atoms with Crippen LogP contribution in [0.1, 0.15) is 213 Å². The van der Waals surface area contributed by atoms with E-state index in [-0.39, 0.29) is 5.91 Å². The lowest BCUT2D eigenvalue weighted by Gasteiger charge is -2.07. The minimum absolute atomic E-state index is 0.252. The number of hydrogen-bond donors (Lipinski definition) is 2. The molecular weight excluding hydrogens is 488 g/mol. The van der Waals surface area contributed by atoms with E-state index in [1.807, 2.05) is 0 Å². The summed E-state index contributed by atoms with van der Waals surface area (Å²) in [6.07, 6.45) is 42.2. The van der Waals surface area contributed by atoms with Crippen molar-refractivity contribution in [2.75, 3.05) is 19.6 Å². The second kappa shape index (κ2) is 36.5. The van der Waals surface area contributed by atoms with Gasteiger partial charge < -0.3 is 10.6 Å². The van der Waals surface area contributed by atoms with E-state index in [1.165, 1.54) is 180 Å². The third-order valence-electron chi connectivity index (χ3n) is 8.57. The van der Waals surface area contributed by atoms with Crippen molar-refractivity contribution >= 4 is 5.91 Å². The van der Waals surface area contributed by atoms with E-state index in [4.69, 9.17) is 0 Å². The van der Waals surface area contributed by atoms with Crippen LogP contribution in [0.4, 0.5) is 0 Å². The molecule has 1 amide bonds. The molecule has 240 valence electrons. The van der Waals surface area contributed by atoms with Gasteiger partial charge in [-0.2, -0.15) is 0 Å². The van der Waals surface area contributed by atoms with Crippen molar-refractivity contribution < 1.29 is 4.79 Å². The number of nitrogens with one attached hydrogen (secondary N) is 2. The maximum atomic E-state index is 12.0. The van der Waals surface area contributed by atoms with Gasteiger partial charge in [0.2, 0.25) is 5.91 Å². The Bertz CT molecular complexity index is 467. The molecule has 0 aliphatic rings. The standard InChI is InChI=1S/C37H76N2O/c1-3-5-7-9-11-13-15-17-19-20-22-24-26-28-30-33-37(40)39-36-32-35-38-34-31-29-27-25-23-21-18-16-14-12-10-8-6-4-2/h38H,3-36H2,1-2H3,(H,39,40). The lowest BCUT2D eigenvalue weighted by molar-refractivity contribution is -0.121. The Labute approximate surface area is 253 Å². The Morgan fingerprint density at radius 3 is 1.02 bits per heavy atom. The smallest absolute Gasteiger partial charge is 0.219 e. The zero-order valence-corrected chi connectivity index (χ0v) is 27.9. The number of hydrogen-bond acceptors (Lipinski definition) is 2. The Hall–Kier alpha value is -0.570. The van der Waals surface area contributed by atoms with Crippen LogP contribution in [0, 0.1) is 0 Å². The normalized spacial score (nSPS) is 11.3. The van der Waals surface area contributed by atoms with Gasteiger partial charge in [-0.15, -0.1) is 0 Å². The molecule has 3 heteroatoms. The quantitative estimate of drug-likeness (QED) is 0.0751. The number of unbranched alkanes of at least 4 members (excludes halogenated alkanes) is 27. The summed E-state index contributed by atoms with van der Waals surface area (Å²) in [7, 11) is 0. The fourth-order valence-electron chi connectivity index (χ4n) is 5.76. The van der Waals surface area contributed by atoms with Gasteiger partial charge in [-0.05, 0) is 32.4 Å². The number of amides is 1. The van der Waals surface area contributed by atoms with Gasteiger partial charge in [-0.25, -0.2) is 0 Å². The summed E-state index contributed by atoms with van der Waals surface area (Å²) in [4.78, 5) is 12.0. The molecule has 0 saturated heterocycles. The first-order valence-corrected chi connectivity index (χ1v) is 18.8. The van der Waals surface area contributed by atoms with Crippen molar-refractivity contribution in [2.45, 2.75) is 213 Å². The van der Waals surface area contributed by atoms with Crippen LogP contribution < -0.4 is 10.6 Å². The predicted octanol–water partition coefficient (Wildman–Crippen LogP) is 11.8. The van der Waals surface area contributed by atoms with Crippen molar-refractivity contribution in [3.63, 3.8) is 0 Å². The van der Waals surface area contributed by atoms with Gasteiger partial charge in [-0.3, -0.25) is 4.79 Å². The molecule has 0 aromatic heterocycles. The molecule has 0 unspecified atom stereocenters. The van der Waals surface area contributed by atoms with E-state index in [9.17, 15) is 4.79 Å². The molecule has 0 fully saturated rings. The first kappa shape index (κ1) is 39.4. The molecular formula is C37H76N2O. The minimum Gasteiger partial charge on any atom is -0.356 e.